The van der Waals surface area contributed by atoms with Crippen molar-refractivity contribution in [2.24, 2.45) is 11.5 Å². The molecule has 0 radical (unpaired) electrons. The summed E-state index contributed by atoms with van der Waals surface area (Å²) in [6.07, 6.45) is 6.32. The van der Waals surface area contributed by atoms with Crippen molar-refractivity contribution in [1.82, 2.24) is 4.90 Å². The molecule has 0 aromatic heterocycles. The number of rotatable bonds is 8. The Hall–Kier alpha value is -1.76. The Bertz CT molecular complexity index is 851. The van der Waals surface area contributed by atoms with E-state index in [1.54, 1.807) is 24.3 Å². The van der Waals surface area contributed by atoms with Crippen LogP contribution in [0.5, 0.6) is 5.75 Å². The maximum absolute atomic E-state index is 9.56. The van der Waals surface area contributed by atoms with Gasteiger partial charge < -0.3 is 26.8 Å². The number of nitrogens with one attached hydrogen (secondary N) is 1. The number of nitrogens with two attached hydrogens (primary N) is 2. The van der Waals surface area contributed by atoms with Gasteiger partial charge in [-0.05, 0) is 67.9 Å². The summed E-state index contributed by atoms with van der Waals surface area (Å²) < 4.78 is 0. The lowest BCUT2D eigenvalue weighted by molar-refractivity contribution is 0.212. The molecule has 6 N–H and O–H groups in total. The number of hydrogen-bond acceptors (Lipinski definition) is 5. The Morgan fingerprint density at radius 1 is 1.07 bits per heavy atom. The molecular formula is C23H30Cl2N4O. The number of likely N-dealkylation sites (tertiary alicyclic amines) is 1. The van der Waals surface area contributed by atoms with Crippen LogP contribution in [0.15, 0.2) is 54.2 Å². The first kappa shape index (κ1) is 22.9. The van der Waals surface area contributed by atoms with E-state index in [1.165, 1.54) is 19.3 Å². The van der Waals surface area contributed by atoms with Gasteiger partial charge in [-0.15, -0.1) is 0 Å². The van der Waals surface area contributed by atoms with E-state index >= 15 is 0 Å². The van der Waals surface area contributed by atoms with Crippen molar-refractivity contribution in [2.75, 3.05) is 25.0 Å². The number of nitrogens with zero attached hydrogens (tertiary/aromatic N) is 1. The van der Waals surface area contributed by atoms with Crippen molar-refractivity contribution < 1.29 is 5.11 Å². The molecule has 1 saturated heterocycles. The van der Waals surface area contributed by atoms with Gasteiger partial charge in [0.25, 0.3) is 0 Å². The van der Waals surface area contributed by atoms with Crippen LogP contribution in [0, 0.1) is 0 Å². The van der Waals surface area contributed by atoms with Gasteiger partial charge in [-0.1, -0.05) is 41.8 Å². The highest BCUT2D eigenvalue weighted by molar-refractivity contribution is 6.36. The highest BCUT2D eigenvalue weighted by Gasteiger charge is 2.18. The summed E-state index contributed by atoms with van der Waals surface area (Å²) in [5.41, 5.74) is 15.6. The highest BCUT2D eigenvalue weighted by atomic mass is 35.5. The second kappa shape index (κ2) is 11.0. The molecule has 1 aliphatic heterocycles. The molecular weight excluding hydrogens is 419 g/mol. The first-order chi connectivity index (χ1) is 14.4. The number of phenols is 1. The van der Waals surface area contributed by atoms with Crippen molar-refractivity contribution in [2.45, 2.75) is 37.8 Å². The molecule has 162 valence electrons. The summed E-state index contributed by atoms with van der Waals surface area (Å²) >= 11 is 12.4. The van der Waals surface area contributed by atoms with Gasteiger partial charge in [-0.25, -0.2) is 0 Å². The van der Waals surface area contributed by atoms with Gasteiger partial charge in [0.2, 0.25) is 0 Å². The van der Waals surface area contributed by atoms with E-state index in [-0.39, 0.29) is 17.8 Å². The first-order valence-corrected chi connectivity index (χ1v) is 11.1. The van der Waals surface area contributed by atoms with Crippen LogP contribution in [-0.4, -0.2) is 41.7 Å². The van der Waals surface area contributed by atoms with Crippen LogP contribution in [0.1, 0.15) is 24.8 Å². The molecule has 2 aromatic carbocycles. The molecule has 2 atom stereocenters. The monoisotopic (exact) mass is 448 g/mol. The standard InChI is InChI=1S/C23H30Cl2N4O/c24-17-6-9-23(20(25)13-17)28-18(12-16-4-7-19(30)8-5-16)14-21(26)22(27)15-29-10-2-1-3-11-29/h4-9,13-14,21-22,28,30H,1-3,10-12,15,26-27H2/b18-14-. The molecule has 2 unspecified atom stereocenters. The Morgan fingerprint density at radius 2 is 1.77 bits per heavy atom. The predicted octanol–water partition coefficient (Wildman–Crippen LogP) is 4.38. The molecule has 0 saturated carbocycles. The Balaban J connectivity index is 1.76. The minimum atomic E-state index is -0.308. The largest absolute Gasteiger partial charge is 0.508 e. The second-order valence-electron chi connectivity index (χ2n) is 7.89. The fraction of sp³-hybridized carbons (Fsp3) is 0.391. The van der Waals surface area contributed by atoms with Crippen molar-refractivity contribution in [1.29, 1.82) is 0 Å². The average molecular weight is 449 g/mol. The zero-order chi connectivity index (χ0) is 21.5. The molecule has 0 spiro atoms. The lowest BCUT2D eigenvalue weighted by atomic mass is 10.0. The Kier molecular flexibility index (Phi) is 8.42. The van der Waals surface area contributed by atoms with Crippen LogP contribution < -0.4 is 16.8 Å². The maximum atomic E-state index is 9.56. The van der Waals surface area contributed by atoms with Crippen molar-refractivity contribution in [3.63, 3.8) is 0 Å². The topological polar surface area (TPSA) is 87.5 Å². The summed E-state index contributed by atoms with van der Waals surface area (Å²) in [4.78, 5) is 2.39. The number of hydrogen-bond donors (Lipinski definition) is 4. The molecule has 3 rings (SSSR count). The van der Waals surface area contributed by atoms with Crippen LogP contribution in [0.4, 0.5) is 5.69 Å². The lowest BCUT2D eigenvalue weighted by Crippen LogP contribution is -2.49. The molecule has 0 aliphatic carbocycles. The molecule has 7 heteroatoms. The number of aromatic hydroxyl groups is 1. The van der Waals surface area contributed by atoms with Crippen LogP contribution >= 0.6 is 23.2 Å². The third-order valence-corrected chi connectivity index (χ3v) is 5.91. The highest BCUT2D eigenvalue weighted by Crippen LogP contribution is 2.27. The zero-order valence-electron chi connectivity index (χ0n) is 17.0. The minimum Gasteiger partial charge on any atom is -0.508 e. The van der Waals surface area contributed by atoms with E-state index in [0.29, 0.717) is 16.5 Å². The van der Waals surface area contributed by atoms with Gasteiger partial charge >= 0.3 is 0 Å². The first-order valence-electron chi connectivity index (χ1n) is 10.3. The fourth-order valence-corrected chi connectivity index (χ4v) is 4.12. The van der Waals surface area contributed by atoms with E-state index < -0.39 is 0 Å². The van der Waals surface area contributed by atoms with Gasteiger partial charge in [0.05, 0.1) is 10.7 Å². The van der Waals surface area contributed by atoms with Gasteiger partial charge in [-0.3, -0.25) is 0 Å². The fourth-order valence-electron chi connectivity index (χ4n) is 3.66. The van der Waals surface area contributed by atoms with Gasteiger partial charge in [0.15, 0.2) is 0 Å². The minimum absolute atomic E-state index is 0.166. The smallest absolute Gasteiger partial charge is 0.115 e. The molecule has 1 fully saturated rings. The van der Waals surface area contributed by atoms with Crippen LogP contribution in [0.25, 0.3) is 0 Å². The Labute approximate surface area is 188 Å². The van der Waals surface area contributed by atoms with E-state index in [9.17, 15) is 5.11 Å². The number of piperidine rings is 1. The molecule has 1 heterocycles. The predicted molar refractivity (Wildman–Crippen MR) is 126 cm³/mol. The van der Waals surface area contributed by atoms with Gasteiger partial charge in [0.1, 0.15) is 5.75 Å². The summed E-state index contributed by atoms with van der Waals surface area (Å²) in [7, 11) is 0. The zero-order valence-corrected chi connectivity index (χ0v) is 18.5. The SMILES string of the molecule is NC(/C=C(/Cc1ccc(O)cc1)Nc1ccc(Cl)cc1Cl)C(N)CN1CCCCC1. The maximum Gasteiger partial charge on any atom is 0.115 e. The molecule has 1 aliphatic rings. The number of anilines is 1. The Morgan fingerprint density at radius 3 is 2.43 bits per heavy atom. The summed E-state index contributed by atoms with van der Waals surface area (Å²) in [6, 6.07) is 12.0. The molecule has 5 nitrogen and oxygen atoms in total. The molecule has 0 amide bonds. The van der Waals surface area contributed by atoms with E-state index in [2.05, 4.69) is 10.2 Å². The second-order valence-corrected chi connectivity index (χ2v) is 8.73. The van der Waals surface area contributed by atoms with E-state index in [0.717, 1.165) is 36.6 Å². The third-order valence-electron chi connectivity index (χ3n) is 5.36. The quantitative estimate of drug-likeness (QED) is 0.481. The van der Waals surface area contributed by atoms with Crippen LogP contribution in [0.3, 0.4) is 0 Å². The average Bonchev–Trinajstić information content (AvgIpc) is 2.72. The van der Waals surface area contributed by atoms with Crippen molar-refractivity contribution >= 4 is 28.9 Å². The summed E-state index contributed by atoms with van der Waals surface area (Å²) in [5.74, 6) is 0.234. The summed E-state index contributed by atoms with van der Waals surface area (Å²) in [5, 5.41) is 14.1. The van der Waals surface area contributed by atoms with Gasteiger partial charge in [-0.2, -0.15) is 0 Å². The number of allylic oxidation sites excluding steroid dienone is 1. The van der Waals surface area contributed by atoms with Crippen molar-refractivity contribution in [3.8, 4) is 5.75 Å². The van der Waals surface area contributed by atoms with Gasteiger partial charge in [0, 0.05) is 35.8 Å². The van der Waals surface area contributed by atoms with Crippen molar-refractivity contribution in [3.05, 3.63) is 69.8 Å². The summed E-state index contributed by atoms with van der Waals surface area (Å²) in [6.45, 7) is 2.96. The molecule has 0 bridgehead atoms. The molecule has 30 heavy (non-hydrogen) atoms. The third kappa shape index (κ3) is 6.89. The number of phenolic OH excluding ortho intramolecular Hbond substituents is 1. The normalized spacial score (nSPS) is 17.5. The molecule has 2 aromatic rings. The van der Waals surface area contributed by atoms with Crippen LogP contribution in [0.2, 0.25) is 10.0 Å². The lowest BCUT2D eigenvalue weighted by Gasteiger charge is -2.30. The van der Waals surface area contributed by atoms with Crippen LogP contribution in [-0.2, 0) is 6.42 Å². The van der Waals surface area contributed by atoms with E-state index in [4.69, 9.17) is 34.7 Å². The van der Waals surface area contributed by atoms with E-state index in [1.807, 2.05) is 24.3 Å². The number of halogens is 2. The number of benzene rings is 2.